The molecule has 0 saturated heterocycles. The summed E-state index contributed by atoms with van der Waals surface area (Å²) in [6.45, 7) is 2.10. The number of halogens is 1. The Kier molecular flexibility index (Phi) is 6.42. The number of rotatable bonds is 5. The zero-order valence-corrected chi connectivity index (χ0v) is 8.67. The Bertz CT molecular complexity index is 78.1. The summed E-state index contributed by atoms with van der Waals surface area (Å²) in [7, 11) is 1.78. The SMILES string of the molecule is CCC[C@@H](Cl)[SiH](OC)OC. The summed E-state index contributed by atoms with van der Waals surface area (Å²) in [6.07, 6.45) is 2.07. The summed E-state index contributed by atoms with van der Waals surface area (Å²) in [5.41, 5.74) is 0. The molecular weight excluding hydrogens is 168 g/mol. The molecule has 2 nitrogen and oxygen atoms in total. The van der Waals surface area contributed by atoms with E-state index in [9.17, 15) is 0 Å². The van der Waals surface area contributed by atoms with E-state index < -0.39 is 9.28 Å². The molecule has 0 N–H and O–H groups in total. The monoisotopic (exact) mass is 182 g/mol. The Morgan fingerprint density at radius 2 is 1.90 bits per heavy atom. The third-order valence-electron chi connectivity index (χ3n) is 1.32. The molecule has 0 aromatic rings. The first-order valence-electron chi connectivity index (χ1n) is 3.45. The molecule has 0 bridgehead atoms. The molecule has 0 aliphatic rings. The van der Waals surface area contributed by atoms with E-state index in [0.717, 1.165) is 12.8 Å². The predicted octanol–water partition coefficient (Wildman–Crippen LogP) is 1.45. The van der Waals surface area contributed by atoms with Gasteiger partial charge in [-0.1, -0.05) is 13.3 Å². The number of alkyl halides is 1. The molecule has 0 aliphatic heterocycles. The van der Waals surface area contributed by atoms with Crippen LogP contribution in [0.2, 0.25) is 0 Å². The minimum Gasteiger partial charge on any atom is -0.399 e. The maximum absolute atomic E-state index is 5.96. The fourth-order valence-electron chi connectivity index (χ4n) is 0.803. The lowest BCUT2D eigenvalue weighted by molar-refractivity contribution is 0.273. The first-order chi connectivity index (χ1) is 4.76. The van der Waals surface area contributed by atoms with E-state index in [1.54, 1.807) is 14.2 Å². The van der Waals surface area contributed by atoms with Crippen molar-refractivity contribution in [3.63, 3.8) is 0 Å². The van der Waals surface area contributed by atoms with Crippen LogP contribution in [0.3, 0.4) is 0 Å². The molecule has 0 aliphatic carbocycles. The summed E-state index contributed by atoms with van der Waals surface area (Å²) in [5, 5.41) is 0.111. The van der Waals surface area contributed by atoms with E-state index in [0.29, 0.717) is 0 Å². The average Bonchev–Trinajstić information content (AvgIpc) is 1.91. The van der Waals surface area contributed by atoms with E-state index in [2.05, 4.69) is 6.92 Å². The van der Waals surface area contributed by atoms with Gasteiger partial charge in [-0.2, -0.15) is 0 Å². The van der Waals surface area contributed by atoms with Gasteiger partial charge in [-0.3, -0.25) is 0 Å². The molecule has 0 rings (SSSR count). The van der Waals surface area contributed by atoms with Crippen molar-refractivity contribution >= 4 is 20.9 Å². The minimum atomic E-state index is -1.54. The minimum absolute atomic E-state index is 0.111. The molecule has 0 amide bonds. The second kappa shape index (κ2) is 6.16. The molecule has 0 aromatic carbocycles. The van der Waals surface area contributed by atoms with Crippen LogP contribution in [-0.2, 0) is 8.85 Å². The van der Waals surface area contributed by atoms with Crippen molar-refractivity contribution in [1.82, 2.24) is 0 Å². The summed E-state index contributed by atoms with van der Waals surface area (Å²) in [6, 6.07) is 0. The Labute approximate surface area is 69.3 Å². The number of hydrogen-bond acceptors (Lipinski definition) is 2. The van der Waals surface area contributed by atoms with Crippen LogP contribution >= 0.6 is 11.6 Å². The fourth-order valence-corrected chi connectivity index (χ4v) is 3.03. The molecule has 0 fully saturated rings. The van der Waals surface area contributed by atoms with Gasteiger partial charge < -0.3 is 8.85 Å². The van der Waals surface area contributed by atoms with Crippen molar-refractivity contribution in [2.24, 2.45) is 0 Å². The van der Waals surface area contributed by atoms with Crippen molar-refractivity contribution < 1.29 is 8.85 Å². The molecule has 0 saturated carbocycles. The highest BCUT2D eigenvalue weighted by Gasteiger charge is 2.20. The lowest BCUT2D eigenvalue weighted by atomic mass is 10.4. The third kappa shape index (κ3) is 3.56. The lowest BCUT2D eigenvalue weighted by Gasteiger charge is -2.15. The Hall–Kier alpha value is 0.427. The fraction of sp³-hybridized carbons (Fsp3) is 1.00. The largest absolute Gasteiger partial charge is 0.399 e. The van der Waals surface area contributed by atoms with Gasteiger partial charge in [0.15, 0.2) is 0 Å². The molecule has 4 heteroatoms. The highest BCUT2D eigenvalue weighted by molar-refractivity contribution is 6.59. The van der Waals surface area contributed by atoms with Crippen molar-refractivity contribution in [2.75, 3.05) is 14.2 Å². The summed E-state index contributed by atoms with van der Waals surface area (Å²) >= 11 is 5.96. The van der Waals surface area contributed by atoms with E-state index >= 15 is 0 Å². The molecule has 0 radical (unpaired) electrons. The maximum Gasteiger partial charge on any atom is 0.339 e. The highest BCUT2D eigenvalue weighted by Crippen LogP contribution is 2.09. The lowest BCUT2D eigenvalue weighted by Crippen LogP contribution is -2.31. The second-order valence-corrected chi connectivity index (χ2v) is 5.61. The van der Waals surface area contributed by atoms with E-state index in [-0.39, 0.29) is 5.00 Å². The van der Waals surface area contributed by atoms with Crippen LogP contribution < -0.4 is 0 Å². The van der Waals surface area contributed by atoms with Crippen LogP contribution in [-0.4, -0.2) is 28.5 Å². The van der Waals surface area contributed by atoms with Crippen LogP contribution in [0, 0.1) is 0 Å². The molecule has 0 aromatic heterocycles. The molecule has 62 valence electrons. The Balaban J connectivity index is 3.53. The highest BCUT2D eigenvalue weighted by atomic mass is 35.5. The molecule has 10 heavy (non-hydrogen) atoms. The van der Waals surface area contributed by atoms with Gasteiger partial charge in [0, 0.05) is 14.2 Å². The first kappa shape index (κ1) is 10.4. The van der Waals surface area contributed by atoms with Gasteiger partial charge in [-0.15, -0.1) is 11.6 Å². The average molecular weight is 183 g/mol. The maximum atomic E-state index is 5.96. The summed E-state index contributed by atoms with van der Waals surface area (Å²) < 4.78 is 10.2. The molecule has 1 atom stereocenters. The molecular formula is C6H15ClO2Si. The van der Waals surface area contributed by atoms with Gasteiger partial charge in [0.25, 0.3) is 0 Å². The first-order valence-corrected chi connectivity index (χ1v) is 5.50. The topological polar surface area (TPSA) is 18.5 Å². The third-order valence-corrected chi connectivity index (χ3v) is 4.01. The zero-order valence-electron chi connectivity index (χ0n) is 6.76. The summed E-state index contributed by atoms with van der Waals surface area (Å²) in [4.78, 5) is 0. The van der Waals surface area contributed by atoms with Gasteiger partial charge in [0.2, 0.25) is 0 Å². The van der Waals surface area contributed by atoms with E-state index in [4.69, 9.17) is 20.5 Å². The molecule has 0 spiro atoms. The standard InChI is InChI=1S/C6H15ClO2Si/c1-4-5-6(7)10(8-2)9-3/h6,10H,4-5H2,1-3H3/t6-/m0/s1. The van der Waals surface area contributed by atoms with Crippen molar-refractivity contribution in [3.8, 4) is 0 Å². The smallest absolute Gasteiger partial charge is 0.339 e. The summed E-state index contributed by atoms with van der Waals surface area (Å²) in [5.74, 6) is 0. The van der Waals surface area contributed by atoms with Crippen LogP contribution in [0.25, 0.3) is 0 Å². The van der Waals surface area contributed by atoms with Crippen LogP contribution in [0.5, 0.6) is 0 Å². The van der Waals surface area contributed by atoms with E-state index in [1.165, 1.54) is 0 Å². The van der Waals surface area contributed by atoms with Gasteiger partial charge in [-0.05, 0) is 6.42 Å². The molecule has 0 unspecified atom stereocenters. The molecule has 0 heterocycles. The Morgan fingerprint density at radius 3 is 2.20 bits per heavy atom. The van der Waals surface area contributed by atoms with Crippen molar-refractivity contribution in [3.05, 3.63) is 0 Å². The van der Waals surface area contributed by atoms with Gasteiger partial charge >= 0.3 is 9.28 Å². The zero-order chi connectivity index (χ0) is 7.98. The van der Waals surface area contributed by atoms with Crippen LogP contribution in [0.4, 0.5) is 0 Å². The van der Waals surface area contributed by atoms with Crippen molar-refractivity contribution in [1.29, 1.82) is 0 Å². The van der Waals surface area contributed by atoms with Gasteiger partial charge in [0.05, 0.1) is 5.00 Å². The quantitative estimate of drug-likeness (QED) is 0.474. The normalized spacial score (nSPS) is 14.1. The second-order valence-electron chi connectivity index (χ2n) is 2.14. The predicted molar refractivity (Wildman–Crippen MR) is 45.7 cm³/mol. The van der Waals surface area contributed by atoms with Crippen LogP contribution in [0.1, 0.15) is 19.8 Å². The van der Waals surface area contributed by atoms with E-state index in [1.807, 2.05) is 0 Å². The Morgan fingerprint density at radius 1 is 1.40 bits per heavy atom. The van der Waals surface area contributed by atoms with Crippen molar-refractivity contribution in [2.45, 2.75) is 24.8 Å². The number of hydrogen-bond donors (Lipinski definition) is 0. The van der Waals surface area contributed by atoms with Gasteiger partial charge in [0.1, 0.15) is 0 Å². The van der Waals surface area contributed by atoms with Gasteiger partial charge in [-0.25, -0.2) is 0 Å². The van der Waals surface area contributed by atoms with Crippen LogP contribution in [0.15, 0.2) is 0 Å².